The van der Waals surface area contributed by atoms with Gasteiger partial charge in [-0.05, 0) is 43.3 Å². The number of ether oxygens (including phenoxy) is 1. The molecule has 0 fully saturated rings. The summed E-state index contributed by atoms with van der Waals surface area (Å²) in [7, 11) is 4.08. The molecule has 0 aliphatic rings. The van der Waals surface area contributed by atoms with Gasteiger partial charge in [0.15, 0.2) is 5.96 Å². The first kappa shape index (κ1) is 28.2. The Balaban J connectivity index is 0.00000512. The lowest BCUT2D eigenvalue weighted by molar-refractivity contribution is -0.176. The zero-order valence-corrected chi connectivity index (χ0v) is 21.0. The fourth-order valence-electron chi connectivity index (χ4n) is 2.93. The maximum Gasteiger partial charge on any atom is 0.411 e. The topological polar surface area (TPSA) is 48.9 Å². The lowest BCUT2D eigenvalue weighted by atomic mass is 10.1. The second-order valence-electron chi connectivity index (χ2n) is 7.53. The SMILES string of the molecule is CCNC(=NCc1cccc(CN(C)C)c1)NCc1ccc(COCC(F)(F)F)cc1.I. The van der Waals surface area contributed by atoms with Gasteiger partial charge in [0.05, 0.1) is 13.2 Å². The third-order valence-corrected chi connectivity index (χ3v) is 4.27. The van der Waals surface area contributed by atoms with Crippen LogP contribution in [-0.4, -0.2) is 44.3 Å². The number of hydrogen-bond donors (Lipinski definition) is 2. The first-order valence-electron chi connectivity index (χ1n) is 10.2. The molecule has 9 heteroatoms. The van der Waals surface area contributed by atoms with Gasteiger partial charge in [-0.3, -0.25) is 0 Å². The minimum atomic E-state index is -4.31. The molecule has 2 aromatic carbocycles. The molecule has 0 heterocycles. The van der Waals surface area contributed by atoms with Crippen molar-refractivity contribution in [1.82, 2.24) is 15.5 Å². The van der Waals surface area contributed by atoms with Gasteiger partial charge in [0.2, 0.25) is 0 Å². The van der Waals surface area contributed by atoms with Crippen LogP contribution in [0.2, 0.25) is 0 Å². The summed E-state index contributed by atoms with van der Waals surface area (Å²) in [4.78, 5) is 6.78. The zero-order chi connectivity index (χ0) is 22.7. The molecule has 0 aliphatic heterocycles. The Morgan fingerprint density at radius 2 is 1.62 bits per heavy atom. The molecular weight excluding hydrogens is 532 g/mol. The second-order valence-corrected chi connectivity index (χ2v) is 7.53. The van der Waals surface area contributed by atoms with Crippen molar-refractivity contribution in [3.05, 3.63) is 70.8 Å². The highest BCUT2D eigenvalue weighted by molar-refractivity contribution is 14.0. The molecule has 0 aliphatic carbocycles. The predicted molar refractivity (Wildman–Crippen MR) is 133 cm³/mol. The number of nitrogens with zero attached hydrogens (tertiary/aromatic N) is 2. The Morgan fingerprint density at radius 3 is 2.25 bits per heavy atom. The van der Waals surface area contributed by atoms with Gasteiger partial charge < -0.3 is 20.3 Å². The molecule has 5 nitrogen and oxygen atoms in total. The third-order valence-electron chi connectivity index (χ3n) is 4.27. The Kier molecular flexibility index (Phi) is 12.6. The molecule has 0 saturated heterocycles. The molecule has 0 atom stereocenters. The fraction of sp³-hybridized carbons (Fsp3) is 0.435. The molecule has 0 aromatic heterocycles. The van der Waals surface area contributed by atoms with E-state index in [-0.39, 0.29) is 30.6 Å². The van der Waals surface area contributed by atoms with E-state index in [2.05, 4.69) is 43.5 Å². The summed E-state index contributed by atoms with van der Waals surface area (Å²) in [5.74, 6) is 0.707. The maximum absolute atomic E-state index is 12.1. The smallest absolute Gasteiger partial charge is 0.367 e. The quantitative estimate of drug-likeness (QED) is 0.250. The average Bonchev–Trinajstić information content (AvgIpc) is 2.70. The Labute approximate surface area is 205 Å². The van der Waals surface area contributed by atoms with Crippen molar-refractivity contribution < 1.29 is 17.9 Å². The molecule has 32 heavy (non-hydrogen) atoms. The van der Waals surface area contributed by atoms with Crippen LogP contribution in [-0.2, 0) is 31.0 Å². The van der Waals surface area contributed by atoms with E-state index in [1.165, 1.54) is 5.56 Å². The number of halogens is 4. The monoisotopic (exact) mass is 564 g/mol. The minimum Gasteiger partial charge on any atom is -0.367 e. The van der Waals surface area contributed by atoms with E-state index in [0.29, 0.717) is 24.6 Å². The predicted octanol–water partition coefficient (Wildman–Crippen LogP) is 4.70. The summed E-state index contributed by atoms with van der Waals surface area (Å²) in [6.07, 6.45) is -4.31. The van der Waals surface area contributed by atoms with Gasteiger partial charge in [0.1, 0.15) is 6.61 Å². The standard InChI is InChI=1S/C23H31F3N4O.HI/c1-4-27-22(29-14-20-6-5-7-21(12-20)15-30(2)3)28-13-18-8-10-19(11-9-18)16-31-17-23(24,25)26;/h5-12H,4,13-17H2,1-3H3,(H2,27,28,29);1H. The normalized spacial score (nSPS) is 11.9. The van der Waals surface area contributed by atoms with E-state index < -0.39 is 12.8 Å². The molecule has 0 spiro atoms. The summed E-state index contributed by atoms with van der Waals surface area (Å²) < 4.78 is 41.1. The second kappa shape index (κ2) is 14.3. The number of benzene rings is 2. The first-order valence-corrected chi connectivity index (χ1v) is 10.2. The van der Waals surface area contributed by atoms with Crippen LogP contribution in [0.4, 0.5) is 13.2 Å². The summed E-state index contributed by atoms with van der Waals surface area (Å²) in [6.45, 7) is 3.43. The average molecular weight is 564 g/mol. The molecule has 2 aromatic rings. The van der Waals surface area contributed by atoms with Crippen LogP contribution >= 0.6 is 24.0 Å². The van der Waals surface area contributed by atoms with Gasteiger partial charge in [-0.25, -0.2) is 4.99 Å². The Morgan fingerprint density at radius 1 is 0.969 bits per heavy atom. The van der Waals surface area contributed by atoms with Gasteiger partial charge in [0, 0.05) is 19.6 Å². The molecule has 0 unspecified atom stereocenters. The van der Waals surface area contributed by atoms with Gasteiger partial charge in [0.25, 0.3) is 0 Å². The maximum atomic E-state index is 12.1. The summed E-state index contributed by atoms with van der Waals surface area (Å²) in [5, 5.41) is 6.51. The van der Waals surface area contributed by atoms with E-state index in [1.807, 2.05) is 39.2 Å². The largest absolute Gasteiger partial charge is 0.411 e. The van der Waals surface area contributed by atoms with Crippen LogP contribution in [0.5, 0.6) is 0 Å². The van der Waals surface area contributed by atoms with Gasteiger partial charge in [-0.15, -0.1) is 24.0 Å². The number of nitrogens with one attached hydrogen (secondary N) is 2. The summed E-state index contributed by atoms with van der Waals surface area (Å²) in [5.41, 5.74) is 4.08. The Bertz CT molecular complexity index is 827. The van der Waals surface area contributed by atoms with Crippen molar-refractivity contribution in [2.45, 2.75) is 39.3 Å². The van der Waals surface area contributed by atoms with Crippen molar-refractivity contribution in [1.29, 1.82) is 0 Å². The van der Waals surface area contributed by atoms with Crippen molar-refractivity contribution in [3.63, 3.8) is 0 Å². The lowest BCUT2D eigenvalue weighted by Gasteiger charge is -2.13. The highest BCUT2D eigenvalue weighted by atomic mass is 127. The van der Waals surface area contributed by atoms with Crippen molar-refractivity contribution in [2.75, 3.05) is 27.2 Å². The van der Waals surface area contributed by atoms with Crippen LogP contribution in [0.25, 0.3) is 0 Å². The van der Waals surface area contributed by atoms with Crippen LogP contribution in [0.1, 0.15) is 29.2 Å². The highest BCUT2D eigenvalue weighted by Crippen LogP contribution is 2.16. The highest BCUT2D eigenvalue weighted by Gasteiger charge is 2.27. The van der Waals surface area contributed by atoms with Crippen molar-refractivity contribution in [2.24, 2.45) is 4.99 Å². The molecule has 178 valence electrons. The zero-order valence-electron chi connectivity index (χ0n) is 18.7. The van der Waals surface area contributed by atoms with Crippen LogP contribution in [0.3, 0.4) is 0 Å². The molecule has 2 rings (SSSR count). The molecule has 0 saturated carbocycles. The number of rotatable bonds is 10. The van der Waals surface area contributed by atoms with E-state index in [0.717, 1.165) is 24.2 Å². The van der Waals surface area contributed by atoms with Crippen molar-refractivity contribution in [3.8, 4) is 0 Å². The molecule has 0 radical (unpaired) electrons. The summed E-state index contributed by atoms with van der Waals surface area (Å²) in [6, 6.07) is 15.7. The molecular formula is C23H32F3IN4O. The lowest BCUT2D eigenvalue weighted by Crippen LogP contribution is -2.36. The van der Waals surface area contributed by atoms with Crippen LogP contribution < -0.4 is 10.6 Å². The Hall–Kier alpha value is -1.85. The molecule has 2 N–H and O–H groups in total. The van der Waals surface area contributed by atoms with Crippen molar-refractivity contribution >= 4 is 29.9 Å². The first-order chi connectivity index (χ1) is 14.7. The minimum absolute atomic E-state index is 0. The van der Waals surface area contributed by atoms with Crippen LogP contribution in [0.15, 0.2) is 53.5 Å². The number of alkyl halides is 3. The van der Waals surface area contributed by atoms with E-state index in [1.54, 1.807) is 12.1 Å². The van der Waals surface area contributed by atoms with Gasteiger partial charge in [-0.1, -0.05) is 48.5 Å². The van der Waals surface area contributed by atoms with Crippen LogP contribution in [0, 0.1) is 0 Å². The molecule has 0 amide bonds. The van der Waals surface area contributed by atoms with Gasteiger partial charge >= 0.3 is 6.18 Å². The number of hydrogen-bond acceptors (Lipinski definition) is 3. The van der Waals surface area contributed by atoms with Gasteiger partial charge in [-0.2, -0.15) is 13.2 Å². The number of guanidine groups is 1. The number of aliphatic imine (C=N–C) groups is 1. The van der Waals surface area contributed by atoms with E-state index in [9.17, 15) is 13.2 Å². The third kappa shape index (κ3) is 11.7. The fourth-order valence-corrected chi connectivity index (χ4v) is 2.93. The van der Waals surface area contributed by atoms with E-state index >= 15 is 0 Å². The van der Waals surface area contributed by atoms with E-state index in [4.69, 9.17) is 0 Å². The molecule has 0 bridgehead atoms. The summed E-state index contributed by atoms with van der Waals surface area (Å²) >= 11 is 0.